The summed E-state index contributed by atoms with van der Waals surface area (Å²) >= 11 is 0. The zero-order valence-electron chi connectivity index (χ0n) is 17.4. The molecule has 5 nitrogen and oxygen atoms in total. The van der Waals surface area contributed by atoms with Gasteiger partial charge < -0.3 is 24.5 Å². The Kier molecular flexibility index (Phi) is 9.75. The largest absolute Gasteiger partial charge is 0.359 e. The van der Waals surface area contributed by atoms with E-state index in [9.17, 15) is 0 Å². The summed E-state index contributed by atoms with van der Waals surface area (Å²) in [5, 5.41) is 0. The van der Waals surface area contributed by atoms with Crippen molar-refractivity contribution in [2.24, 2.45) is 0 Å². The molecule has 0 unspecified atom stereocenters. The summed E-state index contributed by atoms with van der Waals surface area (Å²) in [7, 11) is 2.26. The molecule has 0 aromatic carbocycles. The number of rotatable bonds is 14. The monoisotopic (exact) mass is 363 g/mol. The van der Waals surface area contributed by atoms with Crippen molar-refractivity contribution in [3.05, 3.63) is 24.8 Å². The van der Waals surface area contributed by atoms with Crippen LogP contribution >= 0.6 is 0 Å². The fourth-order valence-corrected chi connectivity index (χ4v) is 3.53. The summed E-state index contributed by atoms with van der Waals surface area (Å²) in [6.07, 6.45) is 16.7. The SMILES string of the molecule is CCCCN1C=CN(CCCN(C)CCCN2C=CN(CCCC)C2)C1. The van der Waals surface area contributed by atoms with E-state index in [2.05, 4.69) is 70.2 Å². The van der Waals surface area contributed by atoms with Gasteiger partial charge >= 0.3 is 0 Å². The zero-order valence-corrected chi connectivity index (χ0v) is 17.4. The third kappa shape index (κ3) is 7.90. The Balaban J connectivity index is 1.46. The Labute approximate surface area is 161 Å². The summed E-state index contributed by atoms with van der Waals surface area (Å²) in [4.78, 5) is 12.2. The lowest BCUT2D eigenvalue weighted by Gasteiger charge is -2.24. The van der Waals surface area contributed by atoms with E-state index in [-0.39, 0.29) is 0 Å². The molecule has 0 aromatic heterocycles. The highest BCUT2D eigenvalue weighted by Crippen LogP contribution is 2.10. The normalized spacial score (nSPS) is 16.8. The first-order chi connectivity index (χ1) is 12.7. The predicted molar refractivity (Wildman–Crippen MR) is 111 cm³/mol. The highest BCUT2D eigenvalue weighted by atomic mass is 15.3. The molecule has 0 saturated carbocycles. The molecular formula is C21H41N5. The van der Waals surface area contributed by atoms with Gasteiger partial charge in [0.2, 0.25) is 0 Å². The van der Waals surface area contributed by atoms with E-state index in [1.807, 2.05) is 0 Å². The Morgan fingerprint density at radius 1 is 0.615 bits per heavy atom. The fourth-order valence-electron chi connectivity index (χ4n) is 3.53. The molecule has 0 atom stereocenters. The molecule has 0 aromatic rings. The summed E-state index contributed by atoms with van der Waals surface area (Å²) in [6, 6.07) is 0. The topological polar surface area (TPSA) is 16.2 Å². The van der Waals surface area contributed by atoms with E-state index in [1.165, 1.54) is 77.8 Å². The first-order valence-corrected chi connectivity index (χ1v) is 10.7. The lowest BCUT2D eigenvalue weighted by molar-refractivity contribution is 0.231. The van der Waals surface area contributed by atoms with Gasteiger partial charge in [0.05, 0.1) is 13.3 Å². The summed E-state index contributed by atoms with van der Waals surface area (Å²) < 4.78 is 0. The molecule has 2 heterocycles. The molecule has 0 saturated heterocycles. The van der Waals surface area contributed by atoms with E-state index in [0.29, 0.717) is 0 Å². The van der Waals surface area contributed by atoms with Crippen LogP contribution in [0.1, 0.15) is 52.4 Å². The maximum Gasteiger partial charge on any atom is 0.0893 e. The number of hydrogen-bond acceptors (Lipinski definition) is 5. The van der Waals surface area contributed by atoms with Crippen LogP contribution in [-0.4, -0.2) is 84.2 Å². The van der Waals surface area contributed by atoms with Crippen molar-refractivity contribution in [2.45, 2.75) is 52.4 Å². The predicted octanol–water partition coefficient (Wildman–Crippen LogP) is 3.39. The molecule has 2 rings (SSSR count). The molecule has 0 radical (unpaired) electrons. The van der Waals surface area contributed by atoms with Crippen LogP contribution in [0.15, 0.2) is 24.8 Å². The van der Waals surface area contributed by atoms with Gasteiger partial charge in [-0.15, -0.1) is 0 Å². The molecule has 26 heavy (non-hydrogen) atoms. The van der Waals surface area contributed by atoms with Gasteiger partial charge in [-0.2, -0.15) is 0 Å². The van der Waals surface area contributed by atoms with E-state index >= 15 is 0 Å². The lowest BCUT2D eigenvalue weighted by atomic mass is 10.3. The van der Waals surface area contributed by atoms with E-state index in [1.54, 1.807) is 0 Å². The van der Waals surface area contributed by atoms with Crippen molar-refractivity contribution in [2.75, 3.05) is 59.7 Å². The highest BCUT2D eigenvalue weighted by Gasteiger charge is 2.12. The van der Waals surface area contributed by atoms with Gasteiger partial charge in [-0.05, 0) is 45.8 Å². The Morgan fingerprint density at radius 2 is 0.962 bits per heavy atom. The van der Waals surface area contributed by atoms with Crippen LogP contribution in [0, 0.1) is 0 Å². The third-order valence-electron chi connectivity index (χ3n) is 5.27. The molecule has 2 aliphatic rings. The molecule has 0 bridgehead atoms. The Bertz CT molecular complexity index is 385. The lowest BCUT2D eigenvalue weighted by Crippen LogP contribution is -2.31. The molecule has 0 N–H and O–H groups in total. The maximum atomic E-state index is 2.49. The van der Waals surface area contributed by atoms with Crippen LogP contribution in [0.25, 0.3) is 0 Å². The van der Waals surface area contributed by atoms with Crippen molar-refractivity contribution in [3.8, 4) is 0 Å². The second-order valence-corrected chi connectivity index (χ2v) is 7.85. The van der Waals surface area contributed by atoms with Gasteiger partial charge in [0.25, 0.3) is 0 Å². The average molecular weight is 364 g/mol. The molecule has 0 spiro atoms. The average Bonchev–Trinajstić information content (AvgIpc) is 3.27. The molecule has 150 valence electrons. The van der Waals surface area contributed by atoms with Crippen LogP contribution in [0.3, 0.4) is 0 Å². The second-order valence-electron chi connectivity index (χ2n) is 7.85. The summed E-state index contributed by atoms with van der Waals surface area (Å²) in [6.45, 7) is 13.8. The van der Waals surface area contributed by atoms with Gasteiger partial charge in [0.15, 0.2) is 0 Å². The van der Waals surface area contributed by atoms with E-state index in [4.69, 9.17) is 0 Å². The first kappa shape index (κ1) is 20.9. The highest BCUT2D eigenvalue weighted by molar-refractivity contribution is 4.91. The van der Waals surface area contributed by atoms with Crippen LogP contribution in [0.4, 0.5) is 0 Å². The molecule has 0 amide bonds. The van der Waals surface area contributed by atoms with Crippen molar-refractivity contribution in [1.82, 2.24) is 24.5 Å². The van der Waals surface area contributed by atoms with Crippen molar-refractivity contribution in [1.29, 1.82) is 0 Å². The minimum atomic E-state index is 1.08. The van der Waals surface area contributed by atoms with Crippen molar-refractivity contribution >= 4 is 0 Å². The summed E-state index contributed by atoms with van der Waals surface area (Å²) in [5.41, 5.74) is 0. The number of nitrogens with zero attached hydrogens (tertiary/aromatic N) is 5. The smallest absolute Gasteiger partial charge is 0.0893 e. The maximum absolute atomic E-state index is 2.49. The van der Waals surface area contributed by atoms with Gasteiger partial charge in [-0.3, -0.25) is 0 Å². The second kappa shape index (κ2) is 12.1. The van der Waals surface area contributed by atoms with E-state index < -0.39 is 0 Å². The van der Waals surface area contributed by atoms with Crippen molar-refractivity contribution < 1.29 is 0 Å². The summed E-state index contributed by atoms with van der Waals surface area (Å²) in [5.74, 6) is 0. The first-order valence-electron chi connectivity index (χ1n) is 10.7. The van der Waals surface area contributed by atoms with Crippen LogP contribution in [-0.2, 0) is 0 Å². The van der Waals surface area contributed by atoms with E-state index in [0.717, 1.165) is 13.3 Å². The van der Waals surface area contributed by atoms with Gasteiger partial charge in [0, 0.05) is 51.0 Å². The Morgan fingerprint density at radius 3 is 1.31 bits per heavy atom. The zero-order chi connectivity index (χ0) is 18.6. The minimum absolute atomic E-state index is 1.08. The molecular weight excluding hydrogens is 322 g/mol. The van der Waals surface area contributed by atoms with Crippen LogP contribution in [0.5, 0.6) is 0 Å². The molecule has 0 fully saturated rings. The number of unbranched alkanes of at least 4 members (excludes halogenated alkanes) is 2. The minimum Gasteiger partial charge on any atom is -0.359 e. The van der Waals surface area contributed by atoms with Gasteiger partial charge in [0.1, 0.15) is 0 Å². The van der Waals surface area contributed by atoms with Gasteiger partial charge in [-0.25, -0.2) is 0 Å². The Hall–Kier alpha value is -1.36. The third-order valence-corrected chi connectivity index (χ3v) is 5.27. The van der Waals surface area contributed by atoms with Crippen molar-refractivity contribution in [3.63, 3.8) is 0 Å². The standard InChI is InChI=1S/C21H41N5/c1-4-6-12-23-16-18-25(20-23)14-8-10-22(3)11-9-15-26-19-17-24(21-26)13-7-5-2/h16-19H,4-15,20-21H2,1-3H3. The molecule has 5 heteroatoms. The molecule has 2 aliphatic heterocycles. The molecule has 0 aliphatic carbocycles. The quantitative estimate of drug-likeness (QED) is 0.469. The van der Waals surface area contributed by atoms with Crippen LogP contribution in [0.2, 0.25) is 0 Å². The van der Waals surface area contributed by atoms with Gasteiger partial charge in [-0.1, -0.05) is 26.7 Å². The fraction of sp³-hybridized carbons (Fsp3) is 0.810. The number of hydrogen-bond donors (Lipinski definition) is 0. The van der Waals surface area contributed by atoms with Crippen LogP contribution < -0.4 is 0 Å².